The summed E-state index contributed by atoms with van der Waals surface area (Å²) in [7, 11) is 0. The Balaban J connectivity index is 2.15. The van der Waals surface area contributed by atoms with E-state index in [1.807, 2.05) is 4.90 Å². The van der Waals surface area contributed by atoms with Gasteiger partial charge in [0.1, 0.15) is 5.82 Å². The van der Waals surface area contributed by atoms with Crippen molar-refractivity contribution in [3.8, 4) is 0 Å². The molecule has 1 amide bonds. The summed E-state index contributed by atoms with van der Waals surface area (Å²) >= 11 is 0. The summed E-state index contributed by atoms with van der Waals surface area (Å²) in [6.07, 6.45) is 3.74. The van der Waals surface area contributed by atoms with Gasteiger partial charge in [-0.15, -0.1) is 0 Å². The Kier molecular flexibility index (Phi) is 3.31. The fourth-order valence-electron chi connectivity index (χ4n) is 2.46. The van der Waals surface area contributed by atoms with Gasteiger partial charge in [0.2, 0.25) is 0 Å². The summed E-state index contributed by atoms with van der Waals surface area (Å²) in [5, 5.41) is 0. The molecule has 0 radical (unpaired) electrons. The van der Waals surface area contributed by atoms with Crippen LogP contribution in [0.3, 0.4) is 0 Å². The van der Waals surface area contributed by atoms with Crippen LogP contribution in [0.5, 0.6) is 0 Å². The maximum Gasteiger partial charge on any atom is 0.254 e. The van der Waals surface area contributed by atoms with Crippen LogP contribution in [0.1, 0.15) is 37.0 Å². The molecule has 0 aliphatic carbocycles. The van der Waals surface area contributed by atoms with E-state index in [0.717, 1.165) is 19.4 Å². The number of anilines is 1. The number of nitrogens with two attached hydrogens (primary N) is 1. The standard InChI is InChI=1S/C13H19N3O/c1-9-4-6-16(10(2)7-9)13(17)11-3-5-15-12(14)8-11/h3,5,8-10H,4,6-7H2,1-2H3,(H2,14,15). The summed E-state index contributed by atoms with van der Waals surface area (Å²) in [5.74, 6) is 1.17. The second-order valence-corrected chi connectivity index (χ2v) is 4.95. The first-order chi connectivity index (χ1) is 8.08. The SMILES string of the molecule is CC1CCN(C(=O)c2ccnc(N)c2)C(C)C1. The molecule has 1 saturated heterocycles. The lowest BCUT2D eigenvalue weighted by molar-refractivity contribution is 0.0588. The zero-order valence-corrected chi connectivity index (χ0v) is 10.4. The molecule has 0 saturated carbocycles. The van der Waals surface area contributed by atoms with Gasteiger partial charge < -0.3 is 10.6 Å². The maximum atomic E-state index is 12.3. The number of nitrogen functional groups attached to an aromatic ring is 1. The monoisotopic (exact) mass is 233 g/mol. The lowest BCUT2D eigenvalue weighted by Gasteiger charge is -2.36. The smallest absolute Gasteiger partial charge is 0.254 e. The molecule has 2 rings (SSSR count). The second-order valence-electron chi connectivity index (χ2n) is 4.95. The first kappa shape index (κ1) is 11.9. The van der Waals surface area contributed by atoms with Crippen LogP contribution < -0.4 is 5.73 Å². The molecule has 4 heteroatoms. The number of rotatable bonds is 1. The van der Waals surface area contributed by atoms with Crippen LogP contribution in [0, 0.1) is 5.92 Å². The molecule has 2 unspecified atom stereocenters. The molecule has 17 heavy (non-hydrogen) atoms. The minimum absolute atomic E-state index is 0.0681. The Hall–Kier alpha value is -1.58. The molecule has 4 nitrogen and oxygen atoms in total. The molecule has 2 heterocycles. The van der Waals surface area contributed by atoms with Crippen LogP contribution >= 0.6 is 0 Å². The normalized spacial score (nSPS) is 24.7. The predicted molar refractivity (Wildman–Crippen MR) is 67.5 cm³/mol. The molecule has 2 N–H and O–H groups in total. The van der Waals surface area contributed by atoms with Crippen molar-refractivity contribution < 1.29 is 4.79 Å². The van der Waals surface area contributed by atoms with Gasteiger partial charge in [-0.2, -0.15) is 0 Å². The van der Waals surface area contributed by atoms with E-state index in [1.165, 1.54) is 0 Å². The number of piperidine rings is 1. The summed E-state index contributed by atoms with van der Waals surface area (Å²) in [6, 6.07) is 3.68. The highest BCUT2D eigenvalue weighted by Crippen LogP contribution is 2.23. The average Bonchev–Trinajstić information content (AvgIpc) is 2.28. The van der Waals surface area contributed by atoms with Crippen molar-refractivity contribution in [1.29, 1.82) is 0 Å². The molecular weight excluding hydrogens is 214 g/mol. The molecule has 92 valence electrons. The van der Waals surface area contributed by atoms with Gasteiger partial charge in [-0.3, -0.25) is 4.79 Å². The summed E-state index contributed by atoms with van der Waals surface area (Å²) in [4.78, 5) is 18.2. The number of hydrogen-bond acceptors (Lipinski definition) is 3. The summed E-state index contributed by atoms with van der Waals surface area (Å²) < 4.78 is 0. The fourth-order valence-corrected chi connectivity index (χ4v) is 2.46. The molecule has 1 aliphatic rings. The van der Waals surface area contributed by atoms with Crippen molar-refractivity contribution >= 4 is 11.7 Å². The number of likely N-dealkylation sites (tertiary alicyclic amines) is 1. The highest BCUT2D eigenvalue weighted by atomic mass is 16.2. The number of hydrogen-bond donors (Lipinski definition) is 1. The van der Waals surface area contributed by atoms with Crippen molar-refractivity contribution in [2.75, 3.05) is 12.3 Å². The Labute approximate surface area is 102 Å². The van der Waals surface area contributed by atoms with Gasteiger partial charge in [0.25, 0.3) is 5.91 Å². The first-order valence-electron chi connectivity index (χ1n) is 6.10. The Morgan fingerprint density at radius 2 is 2.29 bits per heavy atom. The van der Waals surface area contributed by atoms with Crippen molar-refractivity contribution in [2.45, 2.75) is 32.7 Å². The molecule has 0 aromatic carbocycles. The number of nitrogens with zero attached hydrogens (tertiary/aromatic N) is 2. The molecule has 1 aromatic rings. The van der Waals surface area contributed by atoms with Gasteiger partial charge in [-0.25, -0.2) is 4.98 Å². The van der Waals surface area contributed by atoms with Gasteiger partial charge in [0.05, 0.1) is 0 Å². The molecular formula is C13H19N3O. The van der Waals surface area contributed by atoms with E-state index in [-0.39, 0.29) is 5.91 Å². The average molecular weight is 233 g/mol. The summed E-state index contributed by atoms with van der Waals surface area (Å²) in [5.41, 5.74) is 6.24. The fraction of sp³-hybridized carbons (Fsp3) is 0.538. The van der Waals surface area contributed by atoms with E-state index in [9.17, 15) is 4.79 Å². The number of amides is 1. The van der Waals surface area contributed by atoms with Gasteiger partial charge in [0.15, 0.2) is 0 Å². The largest absolute Gasteiger partial charge is 0.384 e. The minimum Gasteiger partial charge on any atom is -0.384 e. The van der Waals surface area contributed by atoms with E-state index in [1.54, 1.807) is 18.3 Å². The Bertz CT molecular complexity index is 419. The molecule has 1 fully saturated rings. The molecule has 2 atom stereocenters. The maximum absolute atomic E-state index is 12.3. The van der Waals surface area contributed by atoms with E-state index in [2.05, 4.69) is 18.8 Å². The number of carbonyl (C=O) groups is 1. The van der Waals surface area contributed by atoms with Crippen LogP contribution in [0.2, 0.25) is 0 Å². The van der Waals surface area contributed by atoms with E-state index in [4.69, 9.17) is 5.73 Å². The highest BCUT2D eigenvalue weighted by Gasteiger charge is 2.27. The van der Waals surface area contributed by atoms with Gasteiger partial charge in [-0.1, -0.05) is 6.92 Å². The van der Waals surface area contributed by atoms with Crippen LogP contribution in [-0.2, 0) is 0 Å². The van der Waals surface area contributed by atoms with E-state index in [0.29, 0.717) is 23.3 Å². The third-order valence-corrected chi connectivity index (χ3v) is 3.43. The van der Waals surface area contributed by atoms with Crippen LogP contribution in [0.15, 0.2) is 18.3 Å². The van der Waals surface area contributed by atoms with Crippen molar-refractivity contribution in [2.24, 2.45) is 5.92 Å². The number of carbonyl (C=O) groups excluding carboxylic acids is 1. The van der Waals surface area contributed by atoms with Gasteiger partial charge in [-0.05, 0) is 37.8 Å². The van der Waals surface area contributed by atoms with Crippen molar-refractivity contribution in [1.82, 2.24) is 9.88 Å². The highest BCUT2D eigenvalue weighted by molar-refractivity contribution is 5.95. The van der Waals surface area contributed by atoms with Crippen molar-refractivity contribution in [3.05, 3.63) is 23.9 Å². The van der Waals surface area contributed by atoms with Crippen LogP contribution in [-0.4, -0.2) is 28.4 Å². The molecule has 0 bridgehead atoms. The topological polar surface area (TPSA) is 59.2 Å². The lowest BCUT2D eigenvalue weighted by Crippen LogP contribution is -2.44. The second kappa shape index (κ2) is 4.73. The van der Waals surface area contributed by atoms with Crippen LogP contribution in [0.25, 0.3) is 0 Å². The first-order valence-corrected chi connectivity index (χ1v) is 6.10. The molecule has 1 aromatic heterocycles. The Morgan fingerprint density at radius 1 is 1.53 bits per heavy atom. The zero-order chi connectivity index (χ0) is 12.4. The van der Waals surface area contributed by atoms with Crippen molar-refractivity contribution in [3.63, 3.8) is 0 Å². The number of aromatic nitrogens is 1. The third-order valence-electron chi connectivity index (χ3n) is 3.43. The predicted octanol–water partition coefficient (Wildman–Crippen LogP) is 1.92. The minimum atomic E-state index is 0.0681. The quantitative estimate of drug-likeness (QED) is 0.806. The Morgan fingerprint density at radius 3 is 2.94 bits per heavy atom. The van der Waals surface area contributed by atoms with Gasteiger partial charge in [0, 0.05) is 24.3 Å². The molecule has 1 aliphatic heterocycles. The van der Waals surface area contributed by atoms with E-state index >= 15 is 0 Å². The molecule has 0 spiro atoms. The number of pyridine rings is 1. The third kappa shape index (κ3) is 2.57. The van der Waals surface area contributed by atoms with E-state index < -0.39 is 0 Å². The van der Waals surface area contributed by atoms with Crippen LogP contribution in [0.4, 0.5) is 5.82 Å². The lowest BCUT2D eigenvalue weighted by atomic mass is 9.93. The van der Waals surface area contributed by atoms with Gasteiger partial charge >= 0.3 is 0 Å². The summed E-state index contributed by atoms with van der Waals surface area (Å²) in [6.45, 7) is 5.18. The zero-order valence-electron chi connectivity index (χ0n) is 10.4.